The molecule has 3 nitrogen and oxygen atoms in total. The van der Waals surface area contributed by atoms with Gasteiger partial charge in [-0.1, -0.05) is 12.1 Å². The second kappa shape index (κ2) is 6.45. The molecule has 2 rings (SSSR count). The van der Waals surface area contributed by atoms with Gasteiger partial charge in [-0.2, -0.15) is 0 Å². The lowest BCUT2D eigenvalue weighted by atomic mass is 10.1. The smallest absolute Gasteiger partial charge is 0.118 e. The number of alkyl halides is 1. The minimum absolute atomic E-state index is 0.109. The predicted molar refractivity (Wildman–Crippen MR) is 73.2 cm³/mol. The number of hydrogen-bond acceptors (Lipinski definition) is 2. The van der Waals surface area contributed by atoms with Crippen LogP contribution in [-0.2, 0) is 12.8 Å². The molecule has 18 heavy (non-hydrogen) atoms. The fourth-order valence-corrected chi connectivity index (χ4v) is 2.09. The molecular weight excluding hydrogens is 248 g/mol. The van der Waals surface area contributed by atoms with Crippen LogP contribution >= 0.6 is 11.6 Å². The zero-order valence-corrected chi connectivity index (χ0v) is 11.2. The van der Waals surface area contributed by atoms with Gasteiger partial charge in [-0.25, -0.2) is 4.98 Å². The molecule has 0 spiro atoms. The zero-order valence-electron chi connectivity index (χ0n) is 10.4. The lowest BCUT2D eigenvalue weighted by Crippen LogP contribution is -2.06. The van der Waals surface area contributed by atoms with E-state index in [1.54, 1.807) is 13.3 Å². The van der Waals surface area contributed by atoms with Gasteiger partial charge in [0, 0.05) is 24.2 Å². The molecule has 1 aromatic carbocycles. The molecule has 2 aromatic rings. The summed E-state index contributed by atoms with van der Waals surface area (Å²) in [5, 5.41) is 0.109. The standard InChI is InChI=1S/C14H17ClN2O/c1-18-13-6-3-11(4-7-13)2-5-12(15)10-14-16-8-9-17-14/h3-4,6-9,12H,2,5,10H2,1H3,(H,16,17). The number of methoxy groups -OCH3 is 1. The van der Waals surface area contributed by atoms with E-state index in [0.29, 0.717) is 0 Å². The van der Waals surface area contributed by atoms with Gasteiger partial charge in [0.2, 0.25) is 0 Å². The fourth-order valence-electron chi connectivity index (χ4n) is 1.84. The van der Waals surface area contributed by atoms with Crippen LogP contribution < -0.4 is 4.74 Å². The molecule has 0 aliphatic heterocycles. The summed E-state index contributed by atoms with van der Waals surface area (Å²) in [4.78, 5) is 7.25. The highest BCUT2D eigenvalue weighted by molar-refractivity contribution is 6.20. The Labute approximate surface area is 112 Å². The molecule has 1 aromatic heterocycles. The van der Waals surface area contributed by atoms with Crippen LogP contribution in [0.3, 0.4) is 0 Å². The molecule has 0 fully saturated rings. The summed E-state index contributed by atoms with van der Waals surface area (Å²) >= 11 is 6.30. The van der Waals surface area contributed by atoms with E-state index in [1.807, 2.05) is 18.3 Å². The number of aromatic nitrogens is 2. The Hall–Kier alpha value is -1.48. The van der Waals surface area contributed by atoms with Crippen LogP contribution in [0.15, 0.2) is 36.7 Å². The zero-order chi connectivity index (χ0) is 12.8. The van der Waals surface area contributed by atoms with E-state index in [4.69, 9.17) is 16.3 Å². The first-order valence-corrected chi connectivity index (χ1v) is 6.47. The minimum atomic E-state index is 0.109. The van der Waals surface area contributed by atoms with Gasteiger partial charge in [-0.3, -0.25) is 0 Å². The molecule has 0 bridgehead atoms. The second-order valence-corrected chi connectivity index (χ2v) is 4.84. The second-order valence-electron chi connectivity index (χ2n) is 4.22. The third kappa shape index (κ3) is 3.77. The van der Waals surface area contributed by atoms with Crippen molar-refractivity contribution >= 4 is 11.6 Å². The number of imidazole rings is 1. The molecule has 1 unspecified atom stereocenters. The highest BCUT2D eigenvalue weighted by Gasteiger charge is 2.08. The Balaban J connectivity index is 1.79. The molecule has 0 amide bonds. The Kier molecular flexibility index (Phi) is 4.65. The summed E-state index contributed by atoms with van der Waals surface area (Å²) in [6, 6.07) is 8.11. The van der Waals surface area contributed by atoms with Gasteiger partial charge < -0.3 is 9.72 Å². The van der Waals surface area contributed by atoms with Crippen LogP contribution in [0.5, 0.6) is 5.75 Å². The molecule has 1 N–H and O–H groups in total. The molecule has 0 radical (unpaired) electrons. The monoisotopic (exact) mass is 264 g/mol. The van der Waals surface area contributed by atoms with E-state index in [1.165, 1.54) is 5.56 Å². The van der Waals surface area contributed by atoms with E-state index in [9.17, 15) is 0 Å². The highest BCUT2D eigenvalue weighted by atomic mass is 35.5. The fraction of sp³-hybridized carbons (Fsp3) is 0.357. The van der Waals surface area contributed by atoms with Crippen LogP contribution in [0.4, 0.5) is 0 Å². The molecule has 0 saturated heterocycles. The van der Waals surface area contributed by atoms with Crippen LogP contribution in [0.2, 0.25) is 0 Å². The van der Waals surface area contributed by atoms with Crippen molar-refractivity contribution in [2.45, 2.75) is 24.6 Å². The minimum Gasteiger partial charge on any atom is -0.497 e. The van der Waals surface area contributed by atoms with Gasteiger partial charge in [0.25, 0.3) is 0 Å². The van der Waals surface area contributed by atoms with Crippen molar-refractivity contribution in [3.63, 3.8) is 0 Å². The summed E-state index contributed by atoms with van der Waals surface area (Å²) in [5.74, 6) is 1.83. The van der Waals surface area contributed by atoms with Gasteiger partial charge in [0.15, 0.2) is 0 Å². The number of nitrogens with one attached hydrogen (secondary N) is 1. The maximum absolute atomic E-state index is 6.30. The van der Waals surface area contributed by atoms with Gasteiger partial charge >= 0.3 is 0 Å². The topological polar surface area (TPSA) is 37.9 Å². The predicted octanol–water partition coefficient (Wildman–Crippen LogP) is 3.20. The number of halogens is 1. The molecule has 1 atom stereocenters. The molecule has 4 heteroatoms. The largest absolute Gasteiger partial charge is 0.497 e. The van der Waals surface area contributed by atoms with E-state index >= 15 is 0 Å². The first kappa shape index (κ1) is 13.0. The first-order valence-electron chi connectivity index (χ1n) is 6.03. The van der Waals surface area contributed by atoms with E-state index < -0.39 is 0 Å². The average molecular weight is 265 g/mol. The summed E-state index contributed by atoms with van der Waals surface area (Å²) in [6.45, 7) is 0. The Bertz CT molecular complexity index is 453. The maximum Gasteiger partial charge on any atom is 0.118 e. The van der Waals surface area contributed by atoms with E-state index in [0.717, 1.165) is 30.8 Å². The third-order valence-electron chi connectivity index (χ3n) is 2.87. The third-order valence-corrected chi connectivity index (χ3v) is 3.25. The molecule has 0 aliphatic carbocycles. The van der Waals surface area contributed by atoms with E-state index in [2.05, 4.69) is 22.1 Å². The first-order chi connectivity index (χ1) is 8.78. The van der Waals surface area contributed by atoms with Crippen molar-refractivity contribution < 1.29 is 4.74 Å². The quantitative estimate of drug-likeness (QED) is 0.814. The van der Waals surface area contributed by atoms with Crippen molar-refractivity contribution in [2.24, 2.45) is 0 Å². The van der Waals surface area contributed by atoms with Crippen LogP contribution in [0.25, 0.3) is 0 Å². The van der Waals surface area contributed by atoms with Crippen molar-refractivity contribution in [1.29, 1.82) is 0 Å². The Morgan fingerprint density at radius 2 is 2.11 bits per heavy atom. The molecular formula is C14H17ClN2O. The average Bonchev–Trinajstić information content (AvgIpc) is 2.90. The molecule has 0 saturated carbocycles. The lowest BCUT2D eigenvalue weighted by Gasteiger charge is -2.08. The number of rotatable bonds is 6. The van der Waals surface area contributed by atoms with E-state index in [-0.39, 0.29) is 5.38 Å². The van der Waals surface area contributed by atoms with Crippen molar-refractivity contribution in [1.82, 2.24) is 9.97 Å². The van der Waals surface area contributed by atoms with Gasteiger partial charge in [0.1, 0.15) is 11.6 Å². The number of benzene rings is 1. The molecule has 96 valence electrons. The summed E-state index contributed by atoms with van der Waals surface area (Å²) in [5.41, 5.74) is 1.28. The number of nitrogens with zero attached hydrogens (tertiary/aromatic N) is 1. The number of ether oxygens (including phenoxy) is 1. The van der Waals surface area contributed by atoms with Crippen LogP contribution in [-0.4, -0.2) is 22.5 Å². The SMILES string of the molecule is COc1ccc(CCC(Cl)Cc2ncc[nH]2)cc1. The number of aromatic amines is 1. The normalized spacial score (nSPS) is 12.3. The Morgan fingerprint density at radius 3 is 2.72 bits per heavy atom. The molecule has 1 heterocycles. The molecule has 0 aliphatic rings. The lowest BCUT2D eigenvalue weighted by molar-refractivity contribution is 0.414. The van der Waals surface area contributed by atoms with Crippen LogP contribution in [0.1, 0.15) is 17.8 Å². The van der Waals surface area contributed by atoms with Crippen molar-refractivity contribution in [3.8, 4) is 5.75 Å². The summed E-state index contributed by atoms with van der Waals surface area (Å²) in [6.07, 6.45) is 6.27. The Morgan fingerprint density at radius 1 is 1.33 bits per heavy atom. The highest BCUT2D eigenvalue weighted by Crippen LogP contribution is 2.16. The van der Waals surface area contributed by atoms with Crippen molar-refractivity contribution in [3.05, 3.63) is 48.0 Å². The summed E-state index contributed by atoms with van der Waals surface area (Å²) in [7, 11) is 1.67. The van der Waals surface area contributed by atoms with Gasteiger partial charge in [0.05, 0.1) is 7.11 Å². The number of H-pyrrole nitrogens is 1. The maximum atomic E-state index is 6.30. The van der Waals surface area contributed by atoms with Crippen molar-refractivity contribution in [2.75, 3.05) is 7.11 Å². The number of aryl methyl sites for hydroxylation is 1. The summed E-state index contributed by atoms with van der Waals surface area (Å²) < 4.78 is 5.13. The number of hydrogen-bond donors (Lipinski definition) is 1. The van der Waals surface area contributed by atoms with Crippen LogP contribution in [0, 0.1) is 0 Å². The van der Waals surface area contributed by atoms with Gasteiger partial charge in [-0.05, 0) is 30.5 Å². The van der Waals surface area contributed by atoms with Gasteiger partial charge in [-0.15, -0.1) is 11.6 Å².